The van der Waals surface area contributed by atoms with Crippen molar-refractivity contribution in [3.63, 3.8) is 0 Å². The summed E-state index contributed by atoms with van der Waals surface area (Å²) in [6.07, 6.45) is 0.651. The zero-order valence-corrected chi connectivity index (χ0v) is 14.8. The number of nitrogens with one attached hydrogen (secondary N) is 1. The Morgan fingerprint density at radius 2 is 2.08 bits per heavy atom. The molecule has 0 saturated heterocycles. The van der Waals surface area contributed by atoms with Crippen LogP contribution in [0.3, 0.4) is 0 Å². The molecule has 0 bridgehead atoms. The molecule has 0 spiro atoms. The van der Waals surface area contributed by atoms with Gasteiger partial charge in [-0.05, 0) is 44.2 Å². The van der Waals surface area contributed by atoms with E-state index in [-0.39, 0.29) is 5.91 Å². The quantitative estimate of drug-likeness (QED) is 0.766. The van der Waals surface area contributed by atoms with E-state index < -0.39 is 0 Å². The SMILES string of the molecule is Cc1cc(C)n(-c2nc(CCNC(=O)c3ccc(C#N)cc3)cs2)n1. The molecule has 2 heterocycles. The molecule has 3 rings (SSSR count). The number of thiazole rings is 1. The van der Waals surface area contributed by atoms with Crippen molar-refractivity contribution in [2.45, 2.75) is 20.3 Å². The molecular weight excluding hydrogens is 334 g/mol. The Bertz CT molecular complexity index is 933. The third-order valence-electron chi connectivity index (χ3n) is 3.67. The summed E-state index contributed by atoms with van der Waals surface area (Å²) in [5.74, 6) is -0.154. The average Bonchev–Trinajstić information content (AvgIpc) is 3.20. The highest BCUT2D eigenvalue weighted by Gasteiger charge is 2.09. The number of nitrogens with zero attached hydrogens (tertiary/aromatic N) is 4. The maximum atomic E-state index is 12.1. The van der Waals surface area contributed by atoms with Crippen LogP contribution in [0.25, 0.3) is 5.13 Å². The molecule has 0 atom stereocenters. The van der Waals surface area contributed by atoms with Crippen molar-refractivity contribution in [2.24, 2.45) is 0 Å². The second-order valence-corrected chi connectivity index (χ2v) is 6.49. The Labute approximate surface area is 149 Å². The monoisotopic (exact) mass is 351 g/mol. The summed E-state index contributed by atoms with van der Waals surface area (Å²) < 4.78 is 1.83. The summed E-state index contributed by atoms with van der Waals surface area (Å²) in [6, 6.07) is 10.6. The highest BCUT2D eigenvalue weighted by atomic mass is 32.1. The number of rotatable bonds is 5. The van der Waals surface area contributed by atoms with Crippen LogP contribution in [0.5, 0.6) is 0 Å². The van der Waals surface area contributed by atoms with Crippen LogP contribution >= 0.6 is 11.3 Å². The lowest BCUT2D eigenvalue weighted by atomic mass is 10.1. The average molecular weight is 351 g/mol. The van der Waals surface area contributed by atoms with Gasteiger partial charge in [0.1, 0.15) is 0 Å². The van der Waals surface area contributed by atoms with Gasteiger partial charge < -0.3 is 5.32 Å². The third-order valence-corrected chi connectivity index (χ3v) is 4.54. The van der Waals surface area contributed by atoms with Crippen LogP contribution in [0.4, 0.5) is 0 Å². The molecule has 1 aromatic carbocycles. The molecule has 0 fully saturated rings. The maximum Gasteiger partial charge on any atom is 0.251 e. The summed E-state index contributed by atoms with van der Waals surface area (Å²) in [7, 11) is 0. The van der Waals surface area contributed by atoms with E-state index >= 15 is 0 Å². The van der Waals surface area contributed by atoms with Crippen LogP contribution in [0.1, 0.15) is 33.0 Å². The number of aromatic nitrogens is 3. The van der Waals surface area contributed by atoms with Crippen molar-refractivity contribution >= 4 is 17.2 Å². The number of carbonyl (C=O) groups is 1. The molecule has 0 aliphatic rings. The largest absolute Gasteiger partial charge is 0.352 e. The summed E-state index contributed by atoms with van der Waals surface area (Å²) in [4.78, 5) is 16.7. The van der Waals surface area contributed by atoms with E-state index in [9.17, 15) is 4.79 Å². The maximum absolute atomic E-state index is 12.1. The van der Waals surface area contributed by atoms with Crippen molar-refractivity contribution < 1.29 is 4.79 Å². The zero-order valence-electron chi connectivity index (χ0n) is 14.0. The van der Waals surface area contributed by atoms with E-state index in [0.29, 0.717) is 24.1 Å². The van der Waals surface area contributed by atoms with Gasteiger partial charge in [-0.2, -0.15) is 10.4 Å². The van der Waals surface area contributed by atoms with Crippen LogP contribution in [-0.2, 0) is 6.42 Å². The van der Waals surface area contributed by atoms with Gasteiger partial charge in [0, 0.05) is 29.6 Å². The number of nitriles is 1. The van der Waals surface area contributed by atoms with Gasteiger partial charge in [-0.1, -0.05) is 0 Å². The molecule has 7 heteroatoms. The molecule has 0 radical (unpaired) electrons. The van der Waals surface area contributed by atoms with Crippen LogP contribution in [-0.4, -0.2) is 27.2 Å². The molecule has 126 valence electrons. The fourth-order valence-corrected chi connectivity index (χ4v) is 3.30. The van der Waals surface area contributed by atoms with Gasteiger partial charge in [0.25, 0.3) is 5.91 Å². The zero-order chi connectivity index (χ0) is 17.8. The van der Waals surface area contributed by atoms with E-state index in [1.807, 2.05) is 36.0 Å². The van der Waals surface area contributed by atoms with E-state index in [2.05, 4.69) is 15.4 Å². The van der Waals surface area contributed by atoms with E-state index in [1.54, 1.807) is 24.3 Å². The molecule has 1 amide bonds. The van der Waals surface area contributed by atoms with Crippen LogP contribution in [0.2, 0.25) is 0 Å². The lowest BCUT2D eigenvalue weighted by Crippen LogP contribution is -2.25. The topological polar surface area (TPSA) is 83.6 Å². The molecule has 25 heavy (non-hydrogen) atoms. The summed E-state index contributed by atoms with van der Waals surface area (Å²) in [5, 5.41) is 18.9. The first-order chi connectivity index (χ1) is 12.1. The lowest BCUT2D eigenvalue weighted by molar-refractivity contribution is 0.0954. The molecule has 0 saturated carbocycles. The normalized spacial score (nSPS) is 10.4. The van der Waals surface area contributed by atoms with Gasteiger partial charge in [-0.25, -0.2) is 9.67 Å². The smallest absolute Gasteiger partial charge is 0.251 e. The van der Waals surface area contributed by atoms with Gasteiger partial charge in [0.05, 0.1) is 23.0 Å². The first kappa shape index (κ1) is 16.9. The number of benzene rings is 1. The van der Waals surface area contributed by atoms with Crippen molar-refractivity contribution in [3.8, 4) is 11.2 Å². The third kappa shape index (κ3) is 3.92. The molecule has 2 aromatic heterocycles. The first-order valence-electron chi connectivity index (χ1n) is 7.83. The lowest BCUT2D eigenvalue weighted by Gasteiger charge is -2.04. The van der Waals surface area contributed by atoms with Gasteiger partial charge in [-0.15, -0.1) is 11.3 Å². The molecule has 1 N–H and O–H groups in total. The number of hydrogen-bond acceptors (Lipinski definition) is 5. The van der Waals surface area contributed by atoms with Crippen LogP contribution in [0, 0.1) is 25.2 Å². The molecular formula is C18H17N5OS. The highest BCUT2D eigenvalue weighted by Crippen LogP contribution is 2.17. The minimum atomic E-state index is -0.154. The summed E-state index contributed by atoms with van der Waals surface area (Å²) in [5.41, 5.74) is 4.01. The van der Waals surface area contributed by atoms with Gasteiger partial charge in [0.2, 0.25) is 5.13 Å². The van der Waals surface area contributed by atoms with Crippen LogP contribution < -0.4 is 5.32 Å². The fraction of sp³-hybridized carbons (Fsp3) is 0.222. The molecule has 0 unspecified atom stereocenters. The second-order valence-electron chi connectivity index (χ2n) is 5.66. The number of carbonyl (C=O) groups excluding carboxylic acids is 1. The highest BCUT2D eigenvalue weighted by molar-refractivity contribution is 7.12. The minimum absolute atomic E-state index is 0.154. The van der Waals surface area contributed by atoms with Gasteiger partial charge in [0.15, 0.2) is 0 Å². The van der Waals surface area contributed by atoms with Crippen molar-refractivity contribution in [1.82, 2.24) is 20.1 Å². The fourth-order valence-electron chi connectivity index (χ4n) is 2.43. The van der Waals surface area contributed by atoms with Crippen molar-refractivity contribution in [1.29, 1.82) is 5.26 Å². The number of amides is 1. The number of aryl methyl sites for hydroxylation is 2. The van der Waals surface area contributed by atoms with Crippen molar-refractivity contribution in [2.75, 3.05) is 6.54 Å². The summed E-state index contributed by atoms with van der Waals surface area (Å²) >= 11 is 1.54. The molecule has 6 nitrogen and oxygen atoms in total. The standard InChI is InChI=1S/C18H17N5OS/c1-12-9-13(2)23(22-12)18-21-16(11-25-18)7-8-20-17(24)15-5-3-14(10-19)4-6-15/h3-6,9,11H,7-8H2,1-2H3,(H,20,24). The predicted octanol–water partition coefficient (Wildman–Crippen LogP) is 2.79. The Hall–Kier alpha value is -2.98. The van der Waals surface area contributed by atoms with Gasteiger partial charge >= 0.3 is 0 Å². The second kappa shape index (κ2) is 7.28. The Balaban J connectivity index is 1.56. The van der Waals surface area contributed by atoms with Crippen molar-refractivity contribution in [3.05, 3.63) is 63.9 Å². The molecule has 3 aromatic rings. The number of hydrogen-bond donors (Lipinski definition) is 1. The van der Waals surface area contributed by atoms with E-state index in [1.165, 1.54) is 11.3 Å². The Morgan fingerprint density at radius 3 is 2.72 bits per heavy atom. The molecule has 0 aliphatic heterocycles. The van der Waals surface area contributed by atoms with E-state index in [0.717, 1.165) is 22.2 Å². The Kier molecular flexibility index (Phi) is 4.91. The minimum Gasteiger partial charge on any atom is -0.352 e. The van der Waals surface area contributed by atoms with E-state index in [4.69, 9.17) is 5.26 Å². The molecule has 0 aliphatic carbocycles. The van der Waals surface area contributed by atoms with Crippen LogP contribution in [0.15, 0.2) is 35.7 Å². The van der Waals surface area contributed by atoms with Gasteiger partial charge in [-0.3, -0.25) is 4.79 Å². The first-order valence-corrected chi connectivity index (χ1v) is 8.71. The summed E-state index contributed by atoms with van der Waals surface area (Å²) in [6.45, 7) is 4.45. The Morgan fingerprint density at radius 1 is 1.32 bits per heavy atom. The predicted molar refractivity (Wildman–Crippen MR) is 95.9 cm³/mol.